The van der Waals surface area contributed by atoms with Crippen LogP contribution in [0.2, 0.25) is 0 Å². The molecule has 1 aromatic heterocycles. The minimum atomic E-state index is -4.36. The number of halogens is 3. The summed E-state index contributed by atoms with van der Waals surface area (Å²) >= 11 is 0. The average Bonchev–Trinajstić information content (AvgIpc) is 2.91. The van der Waals surface area contributed by atoms with Crippen LogP contribution in [0.15, 0.2) is 25.0 Å². The molecule has 6 nitrogen and oxygen atoms in total. The number of rotatable bonds is 4. The van der Waals surface area contributed by atoms with E-state index in [9.17, 15) is 22.8 Å². The molecule has 0 aliphatic carbocycles. The highest BCUT2D eigenvalue weighted by molar-refractivity contribution is 5.92. The number of carbonyl (C=O) groups excluding carboxylic acids is 2. The lowest BCUT2D eigenvalue weighted by Gasteiger charge is -2.30. The molecular weight excluding hydrogens is 313 g/mol. The Hall–Kier alpha value is -2.32. The normalized spacial score (nSPS) is 16.2. The average molecular weight is 330 g/mol. The molecule has 23 heavy (non-hydrogen) atoms. The van der Waals surface area contributed by atoms with Crippen molar-refractivity contribution >= 4 is 17.5 Å². The number of aromatic nitrogens is 2. The minimum absolute atomic E-state index is 0.169. The summed E-state index contributed by atoms with van der Waals surface area (Å²) in [5.41, 5.74) is 0.226. The Bertz CT molecular complexity index is 589. The van der Waals surface area contributed by atoms with E-state index in [4.69, 9.17) is 0 Å². The van der Waals surface area contributed by atoms with E-state index >= 15 is 0 Å². The summed E-state index contributed by atoms with van der Waals surface area (Å²) in [4.78, 5) is 25.2. The first-order valence-electron chi connectivity index (χ1n) is 7.10. The lowest BCUT2D eigenvalue weighted by molar-refractivity contribution is -0.142. The number of carbonyl (C=O) groups is 2. The van der Waals surface area contributed by atoms with E-state index in [-0.39, 0.29) is 23.4 Å². The molecule has 1 aromatic rings. The van der Waals surface area contributed by atoms with Crippen molar-refractivity contribution in [1.29, 1.82) is 0 Å². The largest absolute Gasteiger partial charge is 0.408 e. The van der Waals surface area contributed by atoms with Gasteiger partial charge in [0.1, 0.15) is 6.54 Å². The van der Waals surface area contributed by atoms with Gasteiger partial charge >= 0.3 is 6.18 Å². The Morgan fingerprint density at radius 2 is 2.04 bits per heavy atom. The summed E-state index contributed by atoms with van der Waals surface area (Å²) in [5.74, 6) is -0.727. The molecule has 0 spiro atoms. The topological polar surface area (TPSA) is 67.2 Å². The van der Waals surface area contributed by atoms with Gasteiger partial charge in [-0.1, -0.05) is 6.58 Å². The lowest BCUT2D eigenvalue weighted by Crippen LogP contribution is -2.40. The second kappa shape index (κ2) is 6.84. The van der Waals surface area contributed by atoms with E-state index in [0.29, 0.717) is 25.9 Å². The highest BCUT2D eigenvalue weighted by Gasteiger charge is 2.29. The highest BCUT2D eigenvalue weighted by atomic mass is 19.4. The molecule has 0 radical (unpaired) electrons. The Balaban J connectivity index is 1.86. The smallest absolute Gasteiger partial charge is 0.339 e. The lowest BCUT2D eigenvalue weighted by atomic mass is 9.96. The molecule has 1 N–H and O–H groups in total. The first-order chi connectivity index (χ1) is 10.8. The zero-order valence-electron chi connectivity index (χ0n) is 12.3. The molecular formula is C14H17F3N4O2. The van der Waals surface area contributed by atoms with Gasteiger partial charge in [0.15, 0.2) is 0 Å². The van der Waals surface area contributed by atoms with E-state index in [0.717, 1.165) is 10.9 Å². The van der Waals surface area contributed by atoms with Crippen molar-refractivity contribution in [3.63, 3.8) is 0 Å². The third-order valence-electron chi connectivity index (χ3n) is 3.59. The van der Waals surface area contributed by atoms with Crippen molar-refractivity contribution in [2.45, 2.75) is 25.6 Å². The summed E-state index contributed by atoms with van der Waals surface area (Å²) in [6.45, 7) is 3.12. The molecule has 0 unspecified atom stereocenters. The van der Waals surface area contributed by atoms with Crippen molar-refractivity contribution < 1.29 is 22.8 Å². The van der Waals surface area contributed by atoms with E-state index in [1.54, 1.807) is 4.90 Å². The third kappa shape index (κ3) is 4.83. The van der Waals surface area contributed by atoms with Crippen LogP contribution < -0.4 is 5.32 Å². The monoisotopic (exact) mass is 330 g/mol. The van der Waals surface area contributed by atoms with Crippen molar-refractivity contribution in [2.75, 3.05) is 18.4 Å². The van der Waals surface area contributed by atoms with Gasteiger partial charge < -0.3 is 10.2 Å². The quantitative estimate of drug-likeness (QED) is 0.856. The summed E-state index contributed by atoms with van der Waals surface area (Å²) in [6.07, 6.45) is 0.194. The molecule has 0 saturated carbocycles. The standard InChI is InChI=1S/C14H17F3N4O2/c1-2-12(22)20-5-3-10(4-6-20)13(23)19-11-7-18-21(8-11)9-14(15,16)17/h2,7-8,10H,1,3-6,9H2,(H,19,23). The zero-order chi connectivity index (χ0) is 17.0. The summed E-state index contributed by atoms with van der Waals surface area (Å²) < 4.78 is 37.5. The molecule has 1 aliphatic rings. The van der Waals surface area contributed by atoms with E-state index in [2.05, 4.69) is 17.0 Å². The van der Waals surface area contributed by atoms with Crippen molar-refractivity contribution in [3.05, 3.63) is 25.0 Å². The number of amides is 2. The van der Waals surface area contributed by atoms with Crippen LogP contribution in [0.1, 0.15) is 12.8 Å². The number of hydrogen-bond acceptors (Lipinski definition) is 3. The molecule has 1 aliphatic heterocycles. The van der Waals surface area contributed by atoms with Crippen molar-refractivity contribution in [1.82, 2.24) is 14.7 Å². The Kier molecular flexibility index (Phi) is 5.07. The molecule has 1 saturated heterocycles. The summed E-state index contributed by atoms with van der Waals surface area (Å²) in [5, 5.41) is 6.13. The minimum Gasteiger partial charge on any atom is -0.339 e. The first-order valence-corrected chi connectivity index (χ1v) is 7.10. The molecule has 2 amide bonds. The maximum absolute atomic E-state index is 12.2. The molecule has 0 bridgehead atoms. The van der Waals surface area contributed by atoms with Gasteiger partial charge in [0, 0.05) is 25.2 Å². The molecule has 1 fully saturated rings. The van der Waals surface area contributed by atoms with Crippen LogP contribution >= 0.6 is 0 Å². The molecule has 0 aromatic carbocycles. The SMILES string of the molecule is C=CC(=O)N1CCC(C(=O)Nc2cnn(CC(F)(F)F)c2)CC1. The van der Waals surface area contributed by atoms with E-state index in [1.165, 1.54) is 12.3 Å². The Labute approximate surface area is 130 Å². The van der Waals surface area contributed by atoms with Gasteiger partial charge in [-0.05, 0) is 18.9 Å². The predicted molar refractivity (Wildman–Crippen MR) is 76.4 cm³/mol. The second-order valence-electron chi connectivity index (χ2n) is 5.33. The van der Waals surface area contributed by atoms with Crippen LogP contribution in [0.25, 0.3) is 0 Å². The summed E-state index contributed by atoms with van der Waals surface area (Å²) in [6, 6.07) is 0. The Morgan fingerprint density at radius 3 is 2.61 bits per heavy atom. The zero-order valence-corrected chi connectivity index (χ0v) is 12.3. The van der Waals surface area contributed by atoms with Gasteiger partial charge in [-0.3, -0.25) is 14.3 Å². The van der Waals surface area contributed by atoms with Crippen LogP contribution in [0.5, 0.6) is 0 Å². The molecule has 9 heteroatoms. The van der Waals surface area contributed by atoms with Crippen LogP contribution in [-0.2, 0) is 16.1 Å². The fourth-order valence-electron chi connectivity index (χ4n) is 2.43. The molecule has 2 heterocycles. The fraction of sp³-hybridized carbons (Fsp3) is 0.500. The van der Waals surface area contributed by atoms with Crippen molar-refractivity contribution in [2.24, 2.45) is 5.92 Å². The van der Waals surface area contributed by atoms with E-state index in [1.807, 2.05) is 0 Å². The number of alkyl halides is 3. The fourth-order valence-corrected chi connectivity index (χ4v) is 2.43. The van der Waals surface area contributed by atoms with Crippen LogP contribution in [-0.4, -0.2) is 45.8 Å². The molecule has 2 rings (SSSR count). The maximum Gasteiger partial charge on any atom is 0.408 e. The highest BCUT2D eigenvalue weighted by Crippen LogP contribution is 2.21. The Morgan fingerprint density at radius 1 is 1.39 bits per heavy atom. The van der Waals surface area contributed by atoms with E-state index < -0.39 is 12.7 Å². The van der Waals surface area contributed by atoms with Crippen molar-refractivity contribution in [3.8, 4) is 0 Å². The van der Waals surface area contributed by atoms with Gasteiger partial charge in [0.2, 0.25) is 11.8 Å². The maximum atomic E-state index is 12.2. The molecule has 126 valence electrons. The van der Waals surface area contributed by atoms with Gasteiger partial charge in [0.05, 0.1) is 11.9 Å². The first kappa shape index (κ1) is 17.0. The van der Waals surface area contributed by atoms with Crippen LogP contribution in [0.4, 0.5) is 18.9 Å². The second-order valence-corrected chi connectivity index (χ2v) is 5.33. The van der Waals surface area contributed by atoms with Gasteiger partial charge in [0.25, 0.3) is 0 Å². The van der Waals surface area contributed by atoms with Gasteiger partial charge in [-0.25, -0.2) is 0 Å². The third-order valence-corrected chi connectivity index (χ3v) is 3.59. The van der Waals surface area contributed by atoms with Gasteiger partial charge in [-0.15, -0.1) is 0 Å². The number of nitrogens with one attached hydrogen (secondary N) is 1. The number of anilines is 1. The predicted octanol–water partition coefficient (Wildman–Crippen LogP) is 1.81. The number of nitrogens with zero attached hydrogens (tertiary/aromatic N) is 3. The van der Waals surface area contributed by atoms with Gasteiger partial charge in [-0.2, -0.15) is 18.3 Å². The van der Waals surface area contributed by atoms with Crippen LogP contribution in [0, 0.1) is 5.92 Å². The number of piperidine rings is 1. The molecule has 0 atom stereocenters. The number of likely N-dealkylation sites (tertiary alicyclic amines) is 1. The number of hydrogen-bond donors (Lipinski definition) is 1. The van der Waals surface area contributed by atoms with Crippen LogP contribution in [0.3, 0.4) is 0 Å². The summed E-state index contributed by atoms with van der Waals surface area (Å²) in [7, 11) is 0.